The van der Waals surface area contributed by atoms with E-state index in [-0.39, 0.29) is 0 Å². The molecule has 0 saturated heterocycles. The van der Waals surface area contributed by atoms with Gasteiger partial charge in [-0.3, -0.25) is 0 Å². The molecule has 0 aromatic heterocycles. The average molecular weight is 323 g/mol. The highest BCUT2D eigenvalue weighted by Crippen LogP contribution is 2.26. The van der Waals surface area contributed by atoms with E-state index >= 15 is 0 Å². The molecule has 3 rings (SSSR count). The Balaban J connectivity index is 2.19. The third-order valence-electron chi connectivity index (χ3n) is 6.00. The van der Waals surface area contributed by atoms with Crippen molar-refractivity contribution in [2.24, 2.45) is 0 Å². The zero-order chi connectivity index (χ0) is 16.0. The molecular weight excluding hydrogens is 296 g/mol. The Morgan fingerprint density at radius 3 is 1.82 bits per heavy atom. The van der Waals surface area contributed by atoms with Crippen molar-refractivity contribution in [3.8, 4) is 0 Å². The average Bonchev–Trinajstić information content (AvgIpc) is 2.52. The van der Waals surface area contributed by atoms with Crippen molar-refractivity contribution in [3.63, 3.8) is 0 Å². The van der Waals surface area contributed by atoms with Crippen molar-refractivity contribution in [1.29, 1.82) is 0 Å². The normalized spacial score (nSPS) is 13.0. The third kappa shape index (κ3) is 2.44. The van der Waals surface area contributed by atoms with E-state index in [2.05, 4.69) is 87.7 Å². The first-order valence-electron chi connectivity index (χ1n) is 8.28. The Bertz CT molecular complexity index is 831. The van der Waals surface area contributed by atoms with Gasteiger partial charge in [-0.2, -0.15) is 0 Å². The zero-order valence-corrected chi connectivity index (χ0v) is 16.4. The first-order valence-corrected chi connectivity index (χ1v) is 15.5. The molecule has 22 heavy (non-hydrogen) atoms. The third-order valence-corrected chi connectivity index (χ3v) is 25.0. The summed E-state index contributed by atoms with van der Waals surface area (Å²) in [5.74, 6) is 0. The van der Waals surface area contributed by atoms with Crippen LogP contribution in [0.25, 0.3) is 21.5 Å². The number of hydrogen-bond acceptors (Lipinski definition) is 0. The number of fused-ring (bicyclic) bond motifs is 2. The van der Waals surface area contributed by atoms with Gasteiger partial charge in [-0.05, 0) is 33.7 Å². The Morgan fingerprint density at radius 1 is 0.682 bits per heavy atom. The summed E-state index contributed by atoms with van der Waals surface area (Å²) < 4.78 is 0. The number of rotatable bonds is 3. The molecule has 0 radical (unpaired) electrons. The van der Waals surface area contributed by atoms with Gasteiger partial charge in [0.15, 0.2) is 0 Å². The second kappa shape index (κ2) is 5.36. The van der Waals surface area contributed by atoms with E-state index < -0.39 is 15.2 Å². The van der Waals surface area contributed by atoms with E-state index in [0.717, 1.165) is 0 Å². The lowest BCUT2D eigenvalue weighted by Crippen LogP contribution is -2.62. The highest BCUT2D eigenvalue weighted by atomic mass is 29.3. The van der Waals surface area contributed by atoms with Crippen LogP contribution < -0.4 is 5.19 Å². The lowest BCUT2D eigenvalue weighted by atomic mass is 10.0. The van der Waals surface area contributed by atoms with Gasteiger partial charge in [0.25, 0.3) is 0 Å². The Morgan fingerprint density at radius 2 is 1.23 bits per heavy atom. The SMILES string of the molecule is CC[Si](C)(C)[Si](C)(C)c1ccc2cc3ccccc3cc2c1. The molecule has 0 saturated carbocycles. The maximum atomic E-state index is 2.57. The Kier molecular flexibility index (Phi) is 3.78. The molecule has 0 bridgehead atoms. The second-order valence-electron chi connectivity index (χ2n) is 7.62. The summed E-state index contributed by atoms with van der Waals surface area (Å²) in [4.78, 5) is 0. The van der Waals surface area contributed by atoms with E-state index in [4.69, 9.17) is 0 Å². The molecule has 0 aliphatic carbocycles. The molecule has 0 heterocycles. The van der Waals surface area contributed by atoms with Gasteiger partial charge in [0.1, 0.15) is 0 Å². The van der Waals surface area contributed by atoms with Crippen molar-refractivity contribution < 1.29 is 0 Å². The molecule has 0 fully saturated rings. The van der Waals surface area contributed by atoms with Gasteiger partial charge in [0, 0.05) is 7.59 Å². The van der Waals surface area contributed by atoms with Crippen LogP contribution in [0.5, 0.6) is 0 Å². The molecule has 0 N–H and O–H groups in total. The molecule has 114 valence electrons. The highest BCUT2D eigenvalue weighted by molar-refractivity contribution is 7.45. The molecule has 0 aliphatic rings. The highest BCUT2D eigenvalue weighted by Gasteiger charge is 2.40. The predicted molar refractivity (Wildman–Crippen MR) is 107 cm³/mol. The summed E-state index contributed by atoms with van der Waals surface area (Å²) >= 11 is 0. The van der Waals surface area contributed by atoms with E-state index in [9.17, 15) is 0 Å². The molecule has 0 unspecified atom stereocenters. The Labute approximate surface area is 136 Å². The van der Waals surface area contributed by atoms with Gasteiger partial charge in [-0.25, -0.2) is 0 Å². The summed E-state index contributed by atoms with van der Waals surface area (Å²) in [5.41, 5.74) is 0. The van der Waals surface area contributed by atoms with Crippen LogP contribution in [0.3, 0.4) is 0 Å². The largest absolute Gasteiger partial charge is 0.0739 e. The molecule has 0 aliphatic heterocycles. The zero-order valence-electron chi connectivity index (χ0n) is 14.4. The van der Waals surface area contributed by atoms with Crippen LogP contribution >= 0.6 is 0 Å². The summed E-state index contributed by atoms with van der Waals surface area (Å²) in [6, 6.07) is 22.0. The summed E-state index contributed by atoms with van der Waals surface area (Å²) in [5, 5.41) is 7.08. The number of benzene rings is 3. The van der Waals surface area contributed by atoms with Gasteiger partial charge in [-0.1, -0.05) is 86.8 Å². The quantitative estimate of drug-likeness (QED) is 0.427. The smallest absolute Gasteiger partial charge is 0.0710 e. The summed E-state index contributed by atoms with van der Waals surface area (Å²) in [6.45, 7) is 12.7. The van der Waals surface area contributed by atoms with Gasteiger partial charge in [-0.15, -0.1) is 0 Å². The van der Waals surface area contributed by atoms with Gasteiger partial charge in [0.05, 0.1) is 7.59 Å². The predicted octanol–water partition coefficient (Wildman–Crippen LogP) is 5.72. The molecule has 0 nitrogen and oxygen atoms in total. The fourth-order valence-corrected chi connectivity index (χ4v) is 11.3. The van der Waals surface area contributed by atoms with Crippen molar-refractivity contribution in [1.82, 2.24) is 0 Å². The van der Waals surface area contributed by atoms with Crippen LogP contribution in [0.4, 0.5) is 0 Å². The minimum Gasteiger partial charge on any atom is -0.0710 e. The van der Waals surface area contributed by atoms with E-state index in [0.29, 0.717) is 0 Å². The van der Waals surface area contributed by atoms with E-state index in [1.54, 1.807) is 5.19 Å². The van der Waals surface area contributed by atoms with Crippen molar-refractivity contribution in [2.75, 3.05) is 0 Å². The van der Waals surface area contributed by atoms with Gasteiger partial charge in [0.2, 0.25) is 0 Å². The van der Waals surface area contributed by atoms with E-state index in [1.807, 2.05) is 0 Å². The standard InChI is InChI=1S/C20H26Si2/c1-6-21(2,3)22(4,5)20-12-11-18-13-16-9-7-8-10-17(16)14-19(18)15-20/h7-15H,6H2,1-5H3. The molecule has 2 heteroatoms. The van der Waals surface area contributed by atoms with Crippen LogP contribution in [0.2, 0.25) is 32.2 Å². The lowest BCUT2D eigenvalue weighted by Gasteiger charge is -2.38. The molecule has 0 atom stereocenters. The molecule has 3 aromatic carbocycles. The minimum absolute atomic E-state index is 1.15. The summed E-state index contributed by atoms with van der Waals surface area (Å²) in [6.07, 6.45) is 0. The molecular formula is C20H26Si2. The van der Waals surface area contributed by atoms with Crippen molar-refractivity contribution in [3.05, 3.63) is 54.6 Å². The summed E-state index contributed by atoms with van der Waals surface area (Å²) in [7, 11) is -2.50. The van der Waals surface area contributed by atoms with Crippen LogP contribution in [0.1, 0.15) is 6.92 Å². The number of hydrogen-bond donors (Lipinski definition) is 0. The second-order valence-corrected chi connectivity index (χ2v) is 23.7. The van der Waals surface area contributed by atoms with Crippen LogP contribution in [0, 0.1) is 0 Å². The maximum absolute atomic E-state index is 2.57. The Hall–Kier alpha value is -1.39. The monoisotopic (exact) mass is 322 g/mol. The van der Waals surface area contributed by atoms with Gasteiger partial charge < -0.3 is 0 Å². The lowest BCUT2D eigenvalue weighted by molar-refractivity contribution is 1.38. The van der Waals surface area contributed by atoms with Gasteiger partial charge >= 0.3 is 0 Å². The van der Waals surface area contributed by atoms with Crippen LogP contribution in [0.15, 0.2) is 54.6 Å². The first-order chi connectivity index (χ1) is 10.3. The van der Waals surface area contributed by atoms with Crippen LogP contribution in [-0.4, -0.2) is 15.2 Å². The first kappa shape index (κ1) is 15.5. The topological polar surface area (TPSA) is 0 Å². The fraction of sp³-hybridized carbons (Fsp3) is 0.300. The maximum Gasteiger partial charge on any atom is 0.0739 e. The molecule has 0 spiro atoms. The minimum atomic E-state index is -1.35. The molecule has 3 aromatic rings. The molecule has 0 amide bonds. The van der Waals surface area contributed by atoms with Crippen molar-refractivity contribution in [2.45, 2.75) is 39.2 Å². The fourth-order valence-electron chi connectivity index (χ4n) is 3.16. The van der Waals surface area contributed by atoms with Crippen molar-refractivity contribution >= 4 is 41.9 Å². The van der Waals surface area contributed by atoms with E-state index in [1.165, 1.54) is 27.6 Å². The van der Waals surface area contributed by atoms with Crippen LogP contribution in [-0.2, 0) is 0 Å².